The van der Waals surface area contributed by atoms with Gasteiger partial charge in [0.15, 0.2) is 0 Å². The molecule has 0 aliphatic rings. The number of nitrogens with zero attached hydrogens (tertiary/aromatic N) is 2. The third-order valence-corrected chi connectivity index (χ3v) is 5.66. The van der Waals surface area contributed by atoms with Gasteiger partial charge in [0.25, 0.3) is 0 Å². The van der Waals surface area contributed by atoms with Crippen molar-refractivity contribution < 1.29 is 8.42 Å². The lowest BCUT2D eigenvalue weighted by Crippen LogP contribution is -2.29. The topological polar surface area (TPSA) is 50.3 Å². The van der Waals surface area contributed by atoms with E-state index in [9.17, 15) is 8.42 Å². The maximum atomic E-state index is 12.5. The van der Waals surface area contributed by atoms with Crippen molar-refractivity contribution in [2.24, 2.45) is 0 Å². The van der Waals surface area contributed by atoms with Crippen LogP contribution < -0.4 is 0 Å². The van der Waals surface area contributed by atoms with Gasteiger partial charge >= 0.3 is 0 Å². The minimum Gasteiger partial charge on any atom is -0.243 e. The van der Waals surface area contributed by atoms with E-state index in [1.165, 1.54) is 29.7 Å². The van der Waals surface area contributed by atoms with Crippen molar-refractivity contribution in [1.82, 2.24) is 9.29 Å². The molecule has 0 saturated heterocycles. The molecule has 0 N–H and O–H groups in total. The summed E-state index contributed by atoms with van der Waals surface area (Å²) in [6.45, 7) is 1.81. The average Bonchev–Trinajstić information content (AvgIpc) is 2.47. The van der Waals surface area contributed by atoms with Gasteiger partial charge in [0.2, 0.25) is 10.0 Å². The minimum absolute atomic E-state index is 0.107. The van der Waals surface area contributed by atoms with Crippen molar-refractivity contribution >= 4 is 33.2 Å². The number of rotatable bonds is 4. The van der Waals surface area contributed by atoms with Crippen LogP contribution in [0.2, 0.25) is 10.2 Å². The van der Waals surface area contributed by atoms with Crippen LogP contribution in [0.5, 0.6) is 0 Å². The Hall–Kier alpha value is -1.14. The number of hydrogen-bond donors (Lipinski definition) is 0. The lowest BCUT2D eigenvalue weighted by Gasteiger charge is -2.24. The van der Waals surface area contributed by atoms with Crippen molar-refractivity contribution in [2.75, 3.05) is 7.05 Å². The standard InChI is InChI=1S/C14H14Cl2N2O2S/c1-10(11-3-5-12(15)6-4-11)18(2)21(19,20)13-7-8-14(16)17-9-13/h3-10H,1-2H3. The van der Waals surface area contributed by atoms with Gasteiger partial charge in [-0.05, 0) is 36.8 Å². The molecule has 4 nitrogen and oxygen atoms in total. The van der Waals surface area contributed by atoms with Crippen molar-refractivity contribution in [2.45, 2.75) is 17.9 Å². The van der Waals surface area contributed by atoms with Gasteiger partial charge in [-0.15, -0.1) is 0 Å². The second-order valence-electron chi connectivity index (χ2n) is 4.57. The van der Waals surface area contributed by atoms with E-state index in [1.807, 2.05) is 6.92 Å². The first-order valence-corrected chi connectivity index (χ1v) is 8.37. The molecule has 2 rings (SSSR count). The summed E-state index contributed by atoms with van der Waals surface area (Å²) >= 11 is 11.5. The second-order valence-corrected chi connectivity index (χ2v) is 7.39. The third kappa shape index (κ3) is 3.55. The molecule has 1 aromatic heterocycles. The Morgan fingerprint density at radius 3 is 2.24 bits per heavy atom. The van der Waals surface area contributed by atoms with Gasteiger partial charge in [-0.2, -0.15) is 4.31 Å². The molecule has 0 amide bonds. The molecule has 0 aliphatic carbocycles. The van der Waals surface area contributed by atoms with E-state index >= 15 is 0 Å². The highest BCUT2D eigenvalue weighted by Gasteiger charge is 2.26. The van der Waals surface area contributed by atoms with Gasteiger partial charge in [0.05, 0.1) is 0 Å². The summed E-state index contributed by atoms with van der Waals surface area (Å²) in [5.74, 6) is 0. The molecule has 0 spiro atoms. The van der Waals surface area contributed by atoms with Crippen LogP contribution in [0.4, 0.5) is 0 Å². The summed E-state index contributed by atoms with van der Waals surface area (Å²) in [5.41, 5.74) is 0.854. The molecule has 112 valence electrons. The fourth-order valence-electron chi connectivity index (χ4n) is 1.84. The lowest BCUT2D eigenvalue weighted by molar-refractivity contribution is 0.398. The maximum Gasteiger partial charge on any atom is 0.244 e. The molecular formula is C14H14Cl2N2O2S. The normalized spacial score (nSPS) is 13.4. The quantitative estimate of drug-likeness (QED) is 0.793. The van der Waals surface area contributed by atoms with E-state index in [2.05, 4.69) is 4.98 Å². The number of pyridine rings is 1. The Morgan fingerprint density at radius 1 is 1.10 bits per heavy atom. The van der Waals surface area contributed by atoms with E-state index in [4.69, 9.17) is 23.2 Å². The van der Waals surface area contributed by atoms with Crippen LogP contribution in [-0.2, 0) is 10.0 Å². The highest BCUT2D eigenvalue weighted by Crippen LogP contribution is 2.26. The Labute approximate surface area is 134 Å². The Morgan fingerprint density at radius 2 is 1.71 bits per heavy atom. The zero-order valence-corrected chi connectivity index (χ0v) is 13.8. The van der Waals surface area contributed by atoms with Gasteiger partial charge < -0.3 is 0 Å². The molecule has 0 radical (unpaired) electrons. The molecule has 1 atom stereocenters. The van der Waals surface area contributed by atoms with Crippen LogP contribution >= 0.6 is 23.2 Å². The lowest BCUT2D eigenvalue weighted by atomic mass is 10.1. The van der Waals surface area contributed by atoms with Crippen molar-refractivity contribution in [3.05, 3.63) is 58.3 Å². The van der Waals surface area contributed by atoms with Crippen LogP contribution in [0.3, 0.4) is 0 Å². The van der Waals surface area contributed by atoms with E-state index in [-0.39, 0.29) is 16.1 Å². The summed E-state index contributed by atoms with van der Waals surface area (Å²) in [4.78, 5) is 3.92. The second kappa shape index (κ2) is 6.32. The molecule has 2 aromatic rings. The summed E-state index contributed by atoms with van der Waals surface area (Å²) < 4.78 is 26.4. The molecule has 21 heavy (non-hydrogen) atoms. The number of hydrogen-bond acceptors (Lipinski definition) is 3. The molecule has 0 saturated carbocycles. The summed E-state index contributed by atoms with van der Waals surface area (Å²) in [6.07, 6.45) is 1.25. The van der Waals surface area contributed by atoms with Gasteiger partial charge in [-0.25, -0.2) is 13.4 Å². The predicted octanol–water partition coefficient (Wildman–Crippen LogP) is 3.77. The monoisotopic (exact) mass is 344 g/mol. The minimum atomic E-state index is -3.63. The summed E-state index contributed by atoms with van der Waals surface area (Å²) in [6, 6.07) is 9.64. The largest absolute Gasteiger partial charge is 0.244 e. The van der Waals surface area contributed by atoms with Gasteiger partial charge in [-0.3, -0.25) is 0 Å². The maximum absolute atomic E-state index is 12.5. The highest BCUT2D eigenvalue weighted by molar-refractivity contribution is 7.89. The highest BCUT2D eigenvalue weighted by atomic mass is 35.5. The van der Waals surface area contributed by atoms with E-state index in [0.717, 1.165) is 5.56 Å². The smallest absolute Gasteiger partial charge is 0.243 e. The zero-order chi connectivity index (χ0) is 15.6. The van der Waals surface area contributed by atoms with Crippen LogP contribution in [-0.4, -0.2) is 24.8 Å². The SMILES string of the molecule is CC(c1ccc(Cl)cc1)N(C)S(=O)(=O)c1ccc(Cl)nc1. The summed E-state index contributed by atoms with van der Waals surface area (Å²) in [7, 11) is -2.10. The van der Waals surface area contributed by atoms with Crippen molar-refractivity contribution in [3.63, 3.8) is 0 Å². The summed E-state index contributed by atoms with van der Waals surface area (Å²) in [5, 5.41) is 0.862. The van der Waals surface area contributed by atoms with E-state index < -0.39 is 10.0 Å². The third-order valence-electron chi connectivity index (χ3n) is 3.28. The first-order chi connectivity index (χ1) is 9.82. The number of halogens is 2. The fraction of sp³-hybridized carbons (Fsp3) is 0.214. The molecule has 0 bridgehead atoms. The molecule has 1 aromatic carbocycles. The van der Waals surface area contributed by atoms with E-state index in [1.54, 1.807) is 24.3 Å². The van der Waals surface area contributed by atoms with Gasteiger partial charge in [0, 0.05) is 24.3 Å². The predicted molar refractivity (Wildman–Crippen MR) is 84.1 cm³/mol. The van der Waals surface area contributed by atoms with Gasteiger partial charge in [-0.1, -0.05) is 35.3 Å². The first kappa shape index (κ1) is 16.2. The van der Waals surface area contributed by atoms with E-state index in [0.29, 0.717) is 5.02 Å². The molecule has 0 fully saturated rings. The molecule has 1 heterocycles. The Balaban J connectivity index is 2.31. The number of sulfonamides is 1. The fourth-order valence-corrected chi connectivity index (χ4v) is 3.37. The molecule has 0 aliphatic heterocycles. The van der Waals surface area contributed by atoms with Crippen LogP contribution in [0.15, 0.2) is 47.5 Å². The van der Waals surface area contributed by atoms with Gasteiger partial charge in [0.1, 0.15) is 10.0 Å². The van der Waals surface area contributed by atoms with Crippen LogP contribution in [0.25, 0.3) is 0 Å². The molecule has 1 unspecified atom stereocenters. The zero-order valence-electron chi connectivity index (χ0n) is 11.5. The van der Waals surface area contributed by atoms with Crippen LogP contribution in [0, 0.1) is 0 Å². The first-order valence-electron chi connectivity index (χ1n) is 6.17. The van der Waals surface area contributed by atoms with Crippen molar-refractivity contribution in [3.8, 4) is 0 Å². The number of aromatic nitrogens is 1. The molecule has 7 heteroatoms. The average molecular weight is 345 g/mol. The molecular weight excluding hydrogens is 331 g/mol. The van der Waals surface area contributed by atoms with Crippen molar-refractivity contribution in [1.29, 1.82) is 0 Å². The van der Waals surface area contributed by atoms with Crippen LogP contribution in [0.1, 0.15) is 18.5 Å². The Bertz CT molecular complexity index is 716. The Kier molecular flexibility index (Phi) is 4.88. The number of benzene rings is 1.